The first-order valence-corrected chi connectivity index (χ1v) is 6.06. The standard InChI is InChI=1S/C9H28N8/c10-5-16-8-14-3-1-12-7-13-2-4-15-9-17-6-11/h12-17H,1-11H2. The highest BCUT2D eigenvalue weighted by molar-refractivity contribution is 4.52. The smallest absolute Gasteiger partial charge is 0.0464 e. The van der Waals surface area contributed by atoms with Crippen molar-refractivity contribution in [3.05, 3.63) is 0 Å². The van der Waals surface area contributed by atoms with Crippen molar-refractivity contribution in [2.24, 2.45) is 11.5 Å². The molecule has 0 bridgehead atoms. The Hall–Kier alpha value is -0.320. The molecule has 0 unspecified atom stereocenters. The number of hydrogen-bond acceptors (Lipinski definition) is 8. The molecule has 17 heavy (non-hydrogen) atoms. The summed E-state index contributed by atoms with van der Waals surface area (Å²) in [4.78, 5) is 0. The molecule has 0 fully saturated rings. The first-order chi connectivity index (χ1) is 8.41. The van der Waals surface area contributed by atoms with Gasteiger partial charge in [0.25, 0.3) is 0 Å². The van der Waals surface area contributed by atoms with Gasteiger partial charge in [-0.05, 0) is 0 Å². The fourth-order valence-electron chi connectivity index (χ4n) is 1.12. The maximum Gasteiger partial charge on any atom is 0.0464 e. The van der Waals surface area contributed by atoms with Gasteiger partial charge in [-0.25, -0.2) is 0 Å². The molecule has 10 N–H and O–H groups in total. The van der Waals surface area contributed by atoms with E-state index in [0.29, 0.717) is 13.3 Å². The first-order valence-electron chi connectivity index (χ1n) is 6.06. The van der Waals surface area contributed by atoms with E-state index in [1.807, 2.05) is 0 Å². The van der Waals surface area contributed by atoms with Gasteiger partial charge in [0.1, 0.15) is 0 Å². The molecule has 0 aromatic heterocycles. The molecule has 0 spiro atoms. The van der Waals surface area contributed by atoms with Gasteiger partial charge in [-0.3, -0.25) is 10.6 Å². The van der Waals surface area contributed by atoms with Crippen LogP contribution in [-0.4, -0.2) is 59.5 Å². The minimum absolute atomic E-state index is 0.508. The highest BCUT2D eigenvalue weighted by Gasteiger charge is 1.88. The van der Waals surface area contributed by atoms with Crippen molar-refractivity contribution in [2.75, 3.05) is 59.5 Å². The lowest BCUT2D eigenvalue weighted by atomic mass is 10.6. The number of rotatable bonds is 14. The van der Waals surface area contributed by atoms with E-state index >= 15 is 0 Å². The zero-order chi connectivity index (χ0) is 12.6. The molecule has 0 saturated carbocycles. The molecule has 0 radical (unpaired) electrons. The van der Waals surface area contributed by atoms with Gasteiger partial charge in [0.2, 0.25) is 0 Å². The van der Waals surface area contributed by atoms with Crippen molar-refractivity contribution in [3.8, 4) is 0 Å². The largest absolute Gasteiger partial charge is 0.318 e. The van der Waals surface area contributed by atoms with Gasteiger partial charge in [0, 0.05) is 59.5 Å². The third-order valence-corrected chi connectivity index (χ3v) is 2.00. The van der Waals surface area contributed by atoms with Gasteiger partial charge >= 0.3 is 0 Å². The van der Waals surface area contributed by atoms with E-state index in [1.54, 1.807) is 0 Å². The molecule has 0 heterocycles. The normalized spacial score (nSPS) is 10.9. The van der Waals surface area contributed by atoms with Crippen LogP contribution in [0.1, 0.15) is 0 Å². The molecule has 8 nitrogen and oxygen atoms in total. The van der Waals surface area contributed by atoms with Gasteiger partial charge in [-0.1, -0.05) is 0 Å². The highest BCUT2D eigenvalue weighted by atomic mass is 15.1. The summed E-state index contributed by atoms with van der Waals surface area (Å²) >= 11 is 0. The molecule has 0 aliphatic heterocycles. The molecule has 0 rings (SSSR count). The van der Waals surface area contributed by atoms with E-state index < -0.39 is 0 Å². The quantitative estimate of drug-likeness (QED) is 0.116. The Labute approximate surface area is 104 Å². The second-order valence-corrected chi connectivity index (χ2v) is 3.44. The van der Waals surface area contributed by atoms with E-state index in [1.165, 1.54) is 0 Å². The van der Waals surface area contributed by atoms with Crippen LogP contribution >= 0.6 is 0 Å². The van der Waals surface area contributed by atoms with E-state index in [4.69, 9.17) is 11.5 Å². The number of hydrogen-bond donors (Lipinski definition) is 8. The fraction of sp³-hybridized carbons (Fsp3) is 1.00. The molecule has 0 aliphatic rings. The van der Waals surface area contributed by atoms with Gasteiger partial charge in [-0.2, -0.15) is 0 Å². The van der Waals surface area contributed by atoms with E-state index in [0.717, 1.165) is 46.2 Å². The lowest BCUT2D eigenvalue weighted by molar-refractivity contribution is 0.520. The van der Waals surface area contributed by atoms with E-state index in [9.17, 15) is 0 Å². The van der Waals surface area contributed by atoms with Crippen LogP contribution in [0.3, 0.4) is 0 Å². The SMILES string of the molecule is NCNCNCCNCNCCNCNCN. The average Bonchev–Trinajstić information content (AvgIpc) is 2.35. The van der Waals surface area contributed by atoms with Crippen LogP contribution in [0.25, 0.3) is 0 Å². The van der Waals surface area contributed by atoms with E-state index in [2.05, 4.69) is 31.9 Å². The highest BCUT2D eigenvalue weighted by Crippen LogP contribution is 1.59. The third kappa shape index (κ3) is 15.7. The predicted octanol–water partition coefficient (Wildman–Crippen LogP) is -3.77. The predicted molar refractivity (Wildman–Crippen MR) is 71.0 cm³/mol. The van der Waals surface area contributed by atoms with Crippen LogP contribution in [-0.2, 0) is 0 Å². The second-order valence-electron chi connectivity index (χ2n) is 3.44. The van der Waals surface area contributed by atoms with Crippen LogP contribution in [0.5, 0.6) is 0 Å². The van der Waals surface area contributed by atoms with Crippen molar-refractivity contribution in [3.63, 3.8) is 0 Å². The molecular formula is C9H28N8. The van der Waals surface area contributed by atoms with Crippen molar-refractivity contribution in [1.29, 1.82) is 0 Å². The summed E-state index contributed by atoms with van der Waals surface area (Å²) in [5, 5.41) is 18.9. The zero-order valence-electron chi connectivity index (χ0n) is 10.5. The van der Waals surface area contributed by atoms with Gasteiger partial charge in [0.15, 0.2) is 0 Å². The Morgan fingerprint density at radius 3 is 1.06 bits per heavy atom. The fourth-order valence-corrected chi connectivity index (χ4v) is 1.12. The Morgan fingerprint density at radius 1 is 0.471 bits per heavy atom. The lowest BCUT2D eigenvalue weighted by Gasteiger charge is -2.09. The average molecular weight is 248 g/mol. The molecule has 0 aromatic rings. The minimum atomic E-state index is 0.508. The summed E-state index contributed by atoms with van der Waals surface area (Å²) in [6.45, 7) is 7.05. The minimum Gasteiger partial charge on any atom is -0.318 e. The van der Waals surface area contributed by atoms with Crippen LogP contribution in [0.4, 0.5) is 0 Å². The summed E-state index contributed by atoms with van der Waals surface area (Å²) in [6, 6.07) is 0. The van der Waals surface area contributed by atoms with E-state index in [-0.39, 0.29) is 0 Å². The van der Waals surface area contributed by atoms with Crippen LogP contribution in [0.2, 0.25) is 0 Å². The molecule has 0 atom stereocenters. The van der Waals surface area contributed by atoms with Crippen molar-refractivity contribution >= 4 is 0 Å². The number of nitrogens with two attached hydrogens (primary N) is 2. The van der Waals surface area contributed by atoms with Crippen LogP contribution < -0.4 is 43.4 Å². The molecule has 104 valence electrons. The maximum absolute atomic E-state index is 5.27. The monoisotopic (exact) mass is 248 g/mol. The summed E-state index contributed by atoms with van der Waals surface area (Å²) in [5.41, 5.74) is 10.5. The Morgan fingerprint density at radius 2 is 0.765 bits per heavy atom. The first kappa shape index (κ1) is 16.7. The van der Waals surface area contributed by atoms with Gasteiger partial charge in [0.05, 0.1) is 0 Å². The summed E-state index contributed by atoms with van der Waals surface area (Å²) in [5.74, 6) is 0. The van der Waals surface area contributed by atoms with Crippen molar-refractivity contribution in [2.45, 2.75) is 0 Å². The topological polar surface area (TPSA) is 124 Å². The Kier molecular flexibility index (Phi) is 15.4. The molecule has 0 amide bonds. The molecule has 8 heteroatoms. The van der Waals surface area contributed by atoms with Crippen LogP contribution in [0, 0.1) is 0 Å². The zero-order valence-corrected chi connectivity index (χ0v) is 10.5. The van der Waals surface area contributed by atoms with Gasteiger partial charge in [-0.15, -0.1) is 0 Å². The third-order valence-electron chi connectivity index (χ3n) is 2.00. The molecule has 0 aliphatic carbocycles. The van der Waals surface area contributed by atoms with Crippen molar-refractivity contribution < 1.29 is 0 Å². The lowest BCUT2D eigenvalue weighted by Crippen LogP contribution is -2.41. The summed E-state index contributed by atoms with van der Waals surface area (Å²) in [6.07, 6.45) is 0. The second kappa shape index (κ2) is 15.7. The molecule has 0 saturated heterocycles. The Balaban J connectivity index is 2.85. The summed E-state index contributed by atoms with van der Waals surface area (Å²) in [7, 11) is 0. The van der Waals surface area contributed by atoms with Crippen molar-refractivity contribution in [1.82, 2.24) is 31.9 Å². The maximum atomic E-state index is 5.27. The summed E-state index contributed by atoms with van der Waals surface area (Å²) < 4.78 is 0. The van der Waals surface area contributed by atoms with Gasteiger partial charge < -0.3 is 32.7 Å². The number of nitrogens with one attached hydrogen (secondary N) is 6. The Bertz CT molecular complexity index is 120. The van der Waals surface area contributed by atoms with Crippen LogP contribution in [0.15, 0.2) is 0 Å². The molecule has 0 aromatic carbocycles. The molecular weight excluding hydrogens is 220 g/mol.